The predicted octanol–water partition coefficient (Wildman–Crippen LogP) is 3.79. The second-order valence-corrected chi connectivity index (χ2v) is 7.08. The van der Waals surface area contributed by atoms with E-state index < -0.39 is 0 Å². The molecule has 5 heteroatoms. The van der Waals surface area contributed by atoms with Crippen molar-refractivity contribution in [2.45, 2.75) is 45.6 Å². The maximum absolute atomic E-state index is 11.8. The number of hydrogen-bond donors (Lipinski definition) is 1. The fourth-order valence-electron chi connectivity index (χ4n) is 3.29. The Labute approximate surface area is 151 Å². The van der Waals surface area contributed by atoms with Gasteiger partial charge < -0.3 is 15.1 Å². The molecule has 1 aromatic carbocycles. The second kappa shape index (κ2) is 9.90. The number of amides is 2. The first-order valence-electron chi connectivity index (χ1n) is 9.11. The van der Waals surface area contributed by atoms with E-state index in [4.69, 9.17) is 11.6 Å². The SMILES string of the molecule is CCCN(CCCN1CCCNC1=O)C(C)Cc1ccc(Cl)cc1. The minimum Gasteiger partial charge on any atom is -0.338 e. The molecule has 0 saturated carbocycles. The Morgan fingerprint density at radius 1 is 1.29 bits per heavy atom. The van der Waals surface area contributed by atoms with E-state index >= 15 is 0 Å². The summed E-state index contributed by atoms with van der Waals surface area (Å²) < 4.78 is 0. The van der Waals surface area contributed by atoms with Gasteiger partial charge in [0.1, 0.15) is 0 Å². The van der Waals surface area contributed by atoms with Crippen LogP contribution in [0.25, 0.3) is 0 Å². The van der Waals surface area contributed by atoms with Crippen LogP contribution in [0.1, 0.15) is 38.7 Å². The van der Waals surface area contributed by atoms with Crippen molar-refractivity contribution in [1.82, 2.24) is 15.1 Å². The first kappa shape index (κ1) is 19.1. The molecule has 24 heavy (non-hydrogen) atoms. The number of halogens is 1. The van der Waals surface area contributed by atoms with Gasteiger partial charge in [-0.2, -0.15) is 0 Å². The summed E-state index contributed by atoms with van der Waals surface area (Å²) in [6.45, 7) is 9.19. The molecule has 1 aromatic rings. The predicted molar refractivity (Wildman–Crippen MR) is 101 cm³/mol. The van der Waals surface area contributed by atoms with Crippen LogP contribution in [0.3, 0.4) is 0 Å². The van der Waals surface area contributed by atoms with Crippen LogP contribution >= 0.6 is 11.6 Å². The summed E-state index contributed by atoms with van der Waals surface area (Å²) in [7, 11) is 0. The molecule has 1 unspecified atom stereocenters. The molecule has 134 valence electrons. The van der Waals surface area contributed by atoms with Crippen LogP contribution in [0.2, 0.25) is 5.02 Å². The van der Waals surface area contributed by atoms with Gasteiger partial charge in [-0.25, -0.2) is 4.79 Å². The smallest absolute Gasteiger partial charge is 0.317 e. The molecular formula is C19H30ClN3O. The highest BCUT2D eigenvalue weighted by Gasteiger charge is 2.18. The number of carbonyl (C=O) groups excluding carboxylic acids is 1. The van der Waals surface area contributed by atoms with Crippen LogP contribution in [-0.2, 0) is 6.42 Å². The van der Waals surface area contributed by atoms with Crippen LogP contribution < -0.4 is 5.32 Å². The number of carbonyl (C=O) groups is 1. The van der Waals surface area contributed by atoms with E-state index in [-0.39, 0.29) is 6.03 Å². The van der Waals surface area contributed by atoms with Gasteiger partial charge in [0.25, 0.3) is 0 Å². The molecule has 0 aliphatic carbocycles. The Bertz CT molecular complexity index is 506. The summed E-state index contributed by atoms with van der Waals surface area (Å²) in [5, 5.41) is 3.71. The summed E-state index contributed by atoms with van der Waals surface area (Å²) in [5.41, 5.74) is 1.32. The maximum atomic E-state index is 11.8. The van der Waals surface area contributed by atoms with Crippen molar-refractivity contribution in [1.29, 1.82) is 0 Å². The maximum Gasteiger partial charge on any atom is 0.317 e. The summed E-state index contributed by atoms with van der Waals surface area (Å²) >= 11 is 5.97. The Hall–Kier alpha value is -1.26. The second-order valence-electron chi connectivity index (χ2n) is 6.64. The van der Waals surface area contributed by atoms with Crippen LogP contribution in [0.5, 0.6) is 0 Å². The lowest BCUT2D eigenvalue weighted by molar-refractivity contribution is 0.170. The molecule has 1 heterocycles. The molecule has 1 atom stereocenters. The molecule has 2 amide bonds. The van der Waals surface area contributed by atoms with E-state index in [1.54, 1.807) is 0 Å². The number of nitrogens with zero attached hydrogens (tertiary/aromatic N) is 2. The lowest BCUT2D eigenvalue weighted by Crippen LogP contribution is -2.47. The third-order valence-electron chi connectivity index (χ3n) is 4.62. The molecule has 0 spiro atoms. The van der Waals surface area contributed by atoms with Gasteiger partial charge in [-0.3, -0.25) is 0 Å². The molecule has 1 aliphatic rings. The first-order valence-corrected chi connectivity index (χ1v) is 9.49. The highest BCUT2D eigenvalue weighted by molar-refractivity contribution is 6.30. The van der Waals surface area contributed by atoms with E-state index in [1.807, 2.05) is 17.0 Å². The molecule has 1 aliphatic heterocycles. The van der Waals surface area contributed by atoms with Gasteiger partial charge in [-0.15, -0.1) is 0 Å². The quantitative estimate of drug-likeness (QED) is 0.734. The first-order chi connectivity index (χ1) is 11.6. The summed E-state index contributed by atoms with van der Waals surface area (Å²) in [6.07, 6.45) is 4.26. The average molecular weight is 352 g/mol. The van der Waals surface area contributed by atoms with Crippen molar-refractivity contribution < 1.29 is 4.79 Å². The van der Waals surface area contributed by atoms with Gasteiger partial charge in [0.15, 0.2) is 0 Å². The van der Waals surface area contributed by atoms with Gasteiger partial charge in [-0.05, 0) is 56.8 Å². The van der Waals surface area contributed by atoms with Gasteiger partial charge in [0, 0.05) is 37.2 Å². The van der Waals surface area contributed by atoms with Crippen LogP contribution in [0.15, 0.2) is 24.3 Å². The number of nitrogens with one attached hydrogen (secondary N) is 1. The minimum atomic E-state index is 0.0949. The molecule has 1 fully saturated rings. The monoisotopic (exact) mass is 351 g/mol. The minimum absolute atomic E-state index is 0.0949. The molecule has 0 aromatic heterocycles. The molecule has 1 N–H and O–H groups in total. The van der Waals surface area contributed by atoms with E-state index in [0.29, 0.717) is 6.04 Å². The Morgan fingerprint density at radius 3 is 2.71 bits per heavy atom. The molecular weight excluding hydrogens is 322 g/mol. The lowest BCUT2D eigenvalue weighted by Gasteiger charge is -2.31. The number of urea groups is 1. The van der Waals surface area contributed by atoms with Crippen molar-refractivity contribution in [2.24, 2.45) is 0 Å². The summed E-state index contributed by atoms with van der Waals surface area (Å²) in [5.74, 6) is 0. The third-order valence-corrected chi connectivity index (χ3v) is 4.87. The standard InChI is InChI=1S/C19H30ClN3O/c1-3-11-22(13-5-14-23-12-4-10-21-19(23)24)16(2)15-17-6-8-18(20)9-7-17/h6-9,16H,3-5,10-15H2,1-2H3,(H,21,24). The number of hydrogen-bond acceptors (Lipinski definition) is 2. The molecule has 2 rings (SSSR count). The Morgan fingerprint density at radius 2 is 2.04 bits per heavy atom. The molecule has 1 saturated heterocycles. The highest BCUT2D eigenvalue weighted by Crippen LogP contribution is 2.14. The third kappa shape index (κ3) is 5.99. The molecule has 0 bridgehead atoms. The zero-order valence-electron chi connectivity index (χ0n) is 14.9. The van der Waals surface area contributed by atoms with Crippen molar-refractivity contribution >= 4 is 17.6 Å². The summed E-state index contributed by atoms with van der Waals surface area (Å²) in [6, 6.07) is 8.73. The Kier molecular flexibility index (Phi) is 7.86. The zero-order valence-corrected chi connectivity index (χ0v) is 15.7. The van der Waals surface area contributed by atoms with Gasteiger partial charge in [0.05, 0.1) is 0 Å². The normalized spacial score (nSPS) is 16.3. The van der Waals surface area contributed by atoms with Gasteiger partial charge in [0.2, 0.25) is 0 Å². The topological polar surface area (TPSA) is 35.6 Å². The fraction of sp³-hybridized carbons (Fsp3) is 0.632. The molecule has 4 nitrogen and oxygen atoms in total. The average Bonchev–Trinajstić information content (AvgIpc) is 2.58. The van der Waals surface area contributed by atoms with Crippen LogP contribution in [0.4, 0.5) is 4.79 Å². The fourth-order valence-corrected chi connectivity index (χ4v) is 3.41. The van der Waals surface area contributed by atoms with E-state index in [1.165, 1.54) is 5.56 Å². The highest BCUT2D eigenvalue weighted by atomic mass is 35.5. The molecule has 0 radical (unpaired) electrons. The van der Waals surface area contributed by atoms with E-state index in [2.05, 4.69) is 36.2 Å². The van der Waals surface area contributed by atoms with E-state index in [9.17, 15) is 4.79 Å². The Balaban J connectivity index is 1.81. The van der Waals surface area contributed by atoms with Crippen LogP contribution in [-0.4, -0.2) is 54.6 Å². The van der Waals surface area contributed by atoms with Crippen molar-refractivity contribution in [3.63, 3.8) is 0 Å². The van der Waals surface area contributed by atoms with Crippen molar-refractivity contribution in [3.05, 3.63) is 34.9 Å². The largest absolute Gasteiger partial charge is 0.338 e. The number of benzene rings is 1. The van der Waals surface area contributed by atoms with E-state index in [0.717, 1.165) is 63.4 Å². The van der Waals surface area contributed by atoms with Crippen LogP contribution in [0, 0.1) is 0 Å². The van der Waals surface area contributed by atoms with Gasteiger partial charge in [-0.1, -0.05) is 30.7 Å². The van der Waals surface area contributed by atoms with Crippen molar-refractivity contribution in [2.75, 3.05) is 32.7 Å². The zero-order chi connectivity index (χ0) is 17.4. The summed E-state index contributed by atoms with van der Waals surface area (Å²) in [4.78, 5) is 16.3. The van der Waals surface area contributed by atoms with Gasteiger partial charge >= 0.3 is 6.03 Å². The number of rotatable bonds is 9. The van der Waals surface area contributed by atoms with Crippen molar-refractivity contribution in [3.8, 4) is 0 Å². The lowest BCUT2D eigenvalue weighted by atomic mass is 10.1.